The molecular formula is C19H18N2O4. The molecule has 2 heterocycles. The van der Waals surface area contributed by atoms with E-state index in [1.807, 2.05) is 13.0 Å². The van der Waals surface area contributed by atoms with E-state index in [4.69, 9.17) is 4.74 Å². The highest BCUT2D eigenvalue weighted by molar-refractivity contribution is 6.10. The van der Waals surface area contributed by atoms with Gasteiger partial charge in [-0.1, -0.05) is 11.6 Å². The van der Waals surface area contributed by atoms with E-state index in [1.165, 1.54) is 22.9 Å². The Morgan fingerprint density at radius 3 is 2.92 bits per heavy atom. The highest BCUT2D eigenvalue weighted by atomic mass is 16.5. The fourth-order valence-corrected chi connectivity index (χ4v) is 2.97. The monoisotopic (exact) mass is 338 g/mol. The number of aromatic nitrogens is 1. The van der Waals surface area contributed by atoms with Crippen LogP contribution in [0.25, 0.3) is 0 Å². The Balaban J connectivity index is 2.03. The number of aromatic hydroxyl groups is 1. The van der Waals surface area contributed by atoms with Gasteiger partial charge in [-0.3, -0.25) is 9.59 Å². The van der Waals surface area contributed by atoms with Gasteiger partial charge in [0.1, 0.15) is 17.4 Å². The minimum atomic E-state index is -0.442. The van der Waals surface area contributed by atoms with Gasteiger partial charge in [0.05, 0.1) is 18.2 Å². The van der Waals surface area contributed by atoms with Gasteiger partial charge < -0.3 is 14.4 Å². The number of ether oxygens (including phenoxy) is 1. The van der Waals surface area contributed by atoms with Gasteiger partial charge in [0.15, 0.2) is 5.78 Å². The van der Waals surface area contributed by atoms with Crippen molar-refractivity contribution in [3.63, 3.8) is 0 Å². The number of hydrogen-bond donors (Lipinski definition) is 1. The van der Waals surface area contributed by atoms with Crippen molar-refractivity contribution < 1.29 is 14.6 Å². The normalized spacial score (nSPS) is 16.6. The van der Waals surface area contributed by atoms with Gasteiger partial charge in [-0.25, -0.2) is 0 Å². The third-order valence-electron chi connectivity index (χ3n) is 4.29. The molecule has 3 rings (SSSR count). The highest BCUT2D eigenvalue weighted by Gasteiger charge is 2.20. The van der Waals surface area contributed by atoms with Crippen molar-refractivity contribution in [3.8, 4) is 11.8 Å². The highest BCUT2D eigenvalue weighted by Crippen LogP contribution is 2.22. The number of nitrogens with zero attached hydrogens (tertiary/aromatic N) is 2. The summed E-state index contributed by atoms with van der Waals surface area (Å²) in [5.41, 5.74) is 0.620. The van der Waals surface area contributed by atoms with Crippen LogP contribution in [-0.2, 0) is 11.3 Å². The van der Waals surface area contributed by atoms with E-state index < -0.39 is 11.3 Å². The van der Waals surface area contributed by atoms with Crippen LogP contribution in [0.5, 0.6) is 5.75 Å². The molecule has 128 valence electrons. The first-order chi connectivity index (χ1) is 12.0. The second-order valence-corrected chi connectivity index (χ2v) is 6.20. The van der Waals surface area contributed by atoms with Crippen LogP contribution in [0.4, 0.5) is 0 Å². The molecule has 0 amide bonds. The van der Waals surface area contributed by atoms with Crippen molar-refractivity contribution in [2.75, 3.05) is 6.61 Å². The Kier molecular flexibility index (Phi) is 4.68. The van der Waals surface area contributed by atoms with Gasteiger partial charge in [-0.05, 0) is 38.0 Å². The van der Waals surface area contributed by atoms with Gasteiger partial charge in [0, 0.05) is 18.4 Å². The summed E-state index contributed by atoms with van der Waals surface area (Å²) < 4.78 is 6.89. The first-order valence-corrected chi connectivity index (χ1v) is 8.10. The predicted molar refractivity (Wildman–Crippen MR) is 90.7 cm³/mol. The standard InChI is InChI=1S/C19H18N2O4/c1-12-4-5-17(22)16(7-12)18(23)14-8-13(9-20)19(24)21(10-14)11-15-3-2-6-25-15/h4-5,7-8,10,15,22H,2-3,6,11H2,1H3/t15-/m1/s1. The number of benzene rings is 1. The second kappa shape index (κ2) is 6.91. The molecule has 0 spiro atoms. The lowest BCUT2D eigenvalue weighted by molar-refractivity contribution is 0.0955. The second-order valence-electron chi connectivity index (χ2n) is 6.20. The minimum Gasteiger partial charge on any atom is -0.507 e. The smallest absolute Gasteiger partial charge is 0.268 e. The van der Waals surface area contributed by atoms with Crippen LogP contribution in [-0.4, -0.2) is 28.2 Å². The van der Waals surface area contributed by atoms with Crippen LogP contribution < -0.4 is 5.56 Å². The Morgan fingerprint density at radius 2 is 2.24 bits per heavy atom. The van der Waals surface area contributed by atoms with Crippen molar-refractivity contribution >= 4 is 5.78 Å². The van der Waals surface area contributed by atoms with Crippen molar-refractivity contribution in [1.82, 2.24) is 4.57 Å². The molecule has 1 saturated heterocycles. The predicted octanol–water partition coefficient (Wildman–Crippen LogP) is 2.14. The number of phenols is 1. The van der Waals surface area contributed by atoms with E-state index in [0.29, 0.717) is 13.2 Å². The summed E-state index contributed by atoms with van der Waals surface area (Å²) in [6, 6.07) is 7.86. The van der Waals surface area contributed by atoms with Crippen molar-refractivity contribution in [3.05, 3.63) is 63.1 Å². The molecule has 0 unspecified atom stereocenters. The molecule has 1 aromatic carbocycles. The molecule has 1 atom stereocenters. The van der Waals surface area contributed by atoms with Gasteiger partial charge in [-0.2, -0.15) is 5.26 Å². The summed E-state index contributed by atoms with van der Waals surface area (Å²) in [5, 5.41) is 19.2. The number of nitriles is 1. The molecule has 0 radical (unpaired) electrons. The Morgan fingerprint density at radius 1 is 1.44 bits per heavy atom. The quantitative estimate of drug-likeness (QED) is 0.862. The lowest BCUT2D eigenvalue weighted by Crippen LogP contribution is -2.28. The van der Waals surface area contributed by atoms with Crippen molar-refractivity contribution in [2.45, 2.75) is 32.4 Å². The van der Waals surface area contributed by atoms with E-state index in [-0.39, 0.29) is 28.5 Å². The van der Waals surface area contributed by atoms with Crippen LogP contribution in [0.3, 0.4) is 0 Å². The molecular weight excluding hydrogens is 320 g/mol. The third-order valence-corrected chi connectivity index (χ3v) is 4.29. The molecule has 2 aromatic rings. The number of carbonyl (C=O) groups is 1. The van der Waals surface area contributed by atoms with E-state index in [9.17, 15) is 20.0 Å². The van der Waals surface area contributed by atoms with Crippen LogP contribution in [0.15, 0.2) is 35.3 Å². The number of pyridine rings is 1. The summed E-state index contributed by atoms with van der Waals surface area (Å²) in [6.45, 7) is 2.77. The first-order valence-electron chi connectivity index (χ1n) is 8.10. The van der Waals surface area contributed by atoms with E-state index in [2.05, 4.69) is 0 Å². The number of aryl methyl sites for hydroxylation is 1. The molecule has 0 bridgehead atoms. The molecule has 0 saturated carbocycles. The Hall–Kier alpha value is -2.91. The molecule has 6 heteroatoms. The number of rotatable bonds is 4. The van der Waals surface area contributed by atoms with E-state index in [0.717, 1.165) is 18.4 Å². The maximum atomic E-state index is 12.8. The first kappa shape index (κ1) is 16.9. The van der Waals surface area contributed by atoms with E-state index >= 15 is 0 Å². The third kappa shape index (κ3) is 3.47. The summed E-state index contributed by atoms with van der Waals surface area (Å²) in [4.78, 5) is 25.1. The SMILES string of the molecule is Cc1ccc(O)c(C(=O)c2cc(C#N)c(=O)n(C[C@H]3CCCO3)c2)c1. The molecule has 1 fully saturated rings. The molecule has 1 aromatic heterocycles. The molecule has 1 N–H and O–H groups in total. The number of hydrogen-bond acceptors (Lipinski definition) is 5. The average Bonchev–Trinajstić information content (AvgIpc) is 3.11. The van der Waals surface area contributed by atoms with Crippen molar-refractivity contribution in [2.24, 2.45) is 0 Å². The molecule has 1 aliphatic heterocycles. The molecule has 6 nitrogen and oxygen atoms in total. The van der Waals surface area contributed by atoms with Gasteiger partial charge >= 0.3 is 0 Å². The number of carbonyl (C=O) groups excluding carboxylic acids is 1. The summed E-state index contributed by atoms with van der Waals surface area (Å²) in [5.74, 6) is -0.565. The van der Waals surface area contributed by atoms with Gasteiger partial charge in [0.2, 0.25) is 0 Å². The maximum absolute atomic E-state index is 12.8. The number of phenolic OH excluding ortho intramolecular Hbond substituents is 1. The summed E-state index contributed by atoms with van der Waals surface area (Å²) >= 11 is 0. The van der Waals surface area contributed by atoms with E-state index in [1.54, 1.807) is 12.1 Å². The summed E-state index contributed by atoms with van der Waals surface area (Å²) in [6.07, 6.45) is 3.11. The van der Waals surface area contributed by atoms with Crippen LogP contribution in [0, 0.1) is 18.3 Å². The topological polar surface area (TPSA) is 92.3 Å². The Labute approximate surface area is 144 Å². The largest absolute Gasteiger partial charge is 0.507 e. The lowest BCUT2D eigenvalue weighted by Gasteiger charge is -2.14. The molecule has 1 aliphatic rings. The minimum absolute atomic E-state index is 0.0954. The maximum Gasteiger partial charge on any atom is 0.268 e. The van der Waals surface area contributed by atoms with Crippen LogP contribution in [0.1, 0.15) is 39.9 Å². The van der Waals surface area contributed by atoms with Crippen molar-refractivity contribution in [1.29, 1.82) is 5.26 Å². The zero-order valence-corrected chi connectivity index (χ0v) is 13.9. The zero-order chi connectivity index (χ0) is 18.0. The fraction of sp³-hybridized carbons (Fsp3) is 0.316. The van der Waals surface area contributed by atoms with Crippen LogP contribution >= 0.6 is 0 Å². The molecule has 25 heavy (non-hydrogen) atoms. The lowest BCUT2D eigenvalue weighted by atomic mass is 10.0. The van der Waals surface area contributed by atoms with Gasteiger partial charge in [0.25, 0.3) is 5.56 Å². The van der Waals surface area contributed by atoms with Gasteiger partial charge in [-0.15, -0.1) is 0 Å². The number of ketones is 1. The fourth-order valence-electron chi connectivity index (χ4n) is 2.97. The average molecular weight is 338 g/mol. The zero-order valence-electron chi connectivity index (χ0n) is 13.9. The van der Waals surface area contributed by atoms with Crippen LogP contribution in [0.2, 0.25) is 0 Å². The Bertz CT molecular complexity index is 918. The molecule has 0 aliphatic carbocycles. The summed E-state index contributed by atoms with van der Waals surface area (Å²) in [7, 11) is 0.